The topological polar surface area (TPSA) is 81.3 Å². The van der Waals surface area contributed by atoms with Crippen LogP contribution in [-0.4, -0.2) is 30.0 Å². The molecular weight excluding hydrogens is 228 g/mol. The molecule has 0 radical (unpaired) electrons. The van der Waals surface area contributed by atoms with Crippen LogP contribution in [0, 0.1) is 0 Å². The first kappa shape index (κ1) is 11.3. The van der Waals surface area contributed by atoms with Gasteiger partial charge in [0.25, 0.3) is 6.01 Å². The Morgan fingerprint density at radius 3 is 3.00 bits per heavy atom. The van der Waals surface area contributed by atoms with Gasteiger partial charge in [-0.1, -0.05) is 0 Å². The zero-order valence-electron chi connectivity index (χ0n) is 10.5. The minimum atomic E-state index is 0.209. The quantitative estimate of drug-likeness (QED) is 0.750. The van der Waals surface area contributed by atoms with E-state index in [0.717, 1.165) is 41.9 Å². The van der Waals surface area contributed by atoms with Gasteiger partial charge in [-0.15, -0.1) is 0 Å². The number of anilines is 2. The summed E-state index contributed by atoms with van der Waals surface area (Å²) in [4.78, 5) is 6.62. The molecule has 96 valence electrons. The molecule has 0 saturated carbocycles. The monoisotopic (exact) mass is 246 g/mol. The highest BCUT2D eigenvalue weighted by atomic mass is 16.4. The molecule has 1 atom stereocenters. The third-order valence-corrected chi connectivity index (χ3v) is 3.68. The lowest BCUT2D eigenvalue weighted by Gasteiger charge is -2.30. The second-order valence-corrected chi connectivity index (χ2v) is 5.07. The molecule has 1 saturated heterocycles. The lowest BCUT2D eigenvalue weighted by Crippen LogP contribution is -2.31. The van der Waals surface area contributed by atoms with Crippen molar-refractivity contribution in [3.63, 3.8) is 0 Å². The minimum Gasteiger partial charge on any atom is -0.424 e. The van der Waals surface area contributed by atoms with E-state index >= 15 is 0 Å². The van der Waals surface area contributed by atoms with Gasteiger partial charge in [0.15, 0.2) is 5.58 Å². The normalized spacial score (nSPS) is 21.5. The Balaban J connectivity index is 2.11. The van der Waals surface area contributed by atoms with Gasteiger partial charge in [0.05, 0.1) is 0 Å². The summed E-state index contributed by atoms with van der Waals surface area (Å²) in [6.07, 6.45) is 2.32. The Kier molecular flexibility index (Phi) is 2.63. The number of hydrogen-bond donors (Lipinski definition) is 2. The van der Waals surface area contributed by atoms with Crippen LogP contribution in [0.1, 0.15) is 24.3 Å². The smallest absolute Gasteiger partial charge is 0.292 e. The Bertz CT molecular complexity index is 578. The molecule has 18 heavy (non-hydrogen) atoms. The first-order chi connectivity index (χ1) is 8.65. The summed E-state index contributed by atoms with van der Waals surface area (Å²) in [5.41, 5.74) is 15.2. The fraction of sp³-hybridized carbons (Fsp3) is 0.462. The van der Waals surface area contributed by atoms with E-state index in [1.807, 2.05) is 12.1 Å². The van der Waals surface area contributed by atoms with E-state index in [4.69, 9.17) is 15.9 Å². The Morgan fingerprint density at radius 2 is 2.22 bits per heavy atom. The average Bonchev–Trinajstić information content (AvgIpc) is 2.69. The van der Waals surface area contributed by atoms with Gasteiger partial charge in [0.2, 0.25) is 0 Å². The standard InChI is InChI=1S/C13H18N4O/c1-17-6-2-3-8(7-17)11-9(14)4-5-10-12(11)16-13(15)18-10/h4-5,8H,2-3,6-7,14H2,1H3,(H2,15,16). The number of likely N-dealkylation sites (tertiary alicyclic amines) is 1. The molecule has 3 rings (SSSR count). The van der Waals surface area contributed by atoms with Crippen LogP contribution in [0.2, 0.25) is 0 Å². The summed E-state index contributed by atoms with van der Waals surface area (Å²) in [6, 6.07) is 3.93. The van der Waals surface area contributed by atoms with Crippen molar-refractivity contribution in [2.24, 2.45) is 0 Å². The molecular formula is C13H18N4O. The number of nitrogens with zero attached hydrogens (tertiary/aromatic N) is 2. The van der Waals surface area contributed by atoms with Crippen molar-refractivity contribution in [2.45, 2.75) is 18.8 Å². The van der Waals surface area contributed by atoms with Crippen LogP contribution in [0.4, 0.5) is 11.7 Å². The van der Waals surface area contributed by atoms with Gasteiger partial charge in [-0.25, -0.2) is 0 Å². The number of aromatic nitrogens is 1. The maximum Gasteiger partial charge on any atom is 0.292 e. The van der Waals surface area contributed by atoms with Crippen LogP contribution < -0.4 is 11.5 Å². The fourth-order valence-corrected chi connectivity index (χ4v) is 2.88. The summed E-state index contributed by atoms with van der Waals surface area (Å²) in [5, 5.41) is 0. The molecule has 0 bridgehead atoms. The first-order valence-electron chi connectivity index (χ1n) is 6.28. The lowest BCUT2D eigenvalue weighted by molar-refractivity contribution is 0.252. The van der Waals surface area contributed by atoms with Gasteiger partial charge in [0, 0.05) is 23.7 Å². The van der Waals surface area contributed by atoms with Crippen molar-refractivity contribution < 1.29 is 4.42 Å². The number of fused-ring (bicyclic) bond motifs is 1. The van der Waals surface area contributed by atoms with Crippen molar-refractivity contribution in [1.82, 2.24) is 9.88 Å². The molecule has 0 aliphatic carbocycles. The molecule has 2 aromatic rings. The van der Waals surface area contributed by atoms with Gasteiger partial charge in [0.1, 0.15) is 5.52 Å². The summed E-state index contributed by atoms with van der Waals surface area (Å²) in [5.74, 6) is 0.414. The van der Waals surface area contributed by atoms with E-state index in [2.05, 4.69) is 16.9 Å². The predicted octanol–water partition coefficient (Wildman–Crippen LogP) is 1.80. The number of rotatable bonds is 1. The van der Waals surface area contributed by atoms with Crippen molar-refractivity contribution in [2.75, 3.05) is 31.6 Å². The van der Waals surface area contributed by atoms with E-state index in [1.54, 1.807) is 0 Å². The van der Waals surface area contributed by atoms with Crippen LogP contribution in [0.3, 0.4) is 0 Å². The zero-order chi connectivity index (χ0) is 12.7. The predicted molar refractivity (Wildman–Crippen MR) is 72.3 cm³/mol. The molecule has 5 heteroatoms. The summed E-state index contributed by atoms with van der Waals surface area (Å²) in [6.45, 7) is 2.16. The molecule has 4 N–H and O–H groups in total. The number of nitrogen functional groups attached to an aromatic ring is 2. The molecule has 1 fully saturated rings. The molecule has 1 aliphatic rings. The zero-order valence-corrected chi connectivity index (χ0v) is 10.5. The highest BCUT2D eigenvalue weighted by Crippen LogP contribution is 2.36. The van der Waals surface area contributed by atoms with Crippen molar-refractivity contribution in [1.29, 1.82) is 0 Å². The second kappa shape index (κ2) is 4.17. The van der Waals surface area contributed by atoms with Crippen LogP contribution in [0.5, 0.6) is 0 Å². The third-order valence-electron chi connectivity index (χ3n) is 3.68. The number of likely N-dealkylation sites (N-methyl/N-ethyl adjacent to an activating group) is 1. The molecule has 2 heterocycles. The Hall–Kier alpha value is -1.75. The molecule has 1 aromatic heterocycles. The van der Waals surface area contributed by atoms with Gasteiger partial charge >= 0.3 is 0 Å². The highest BCUT2D eigenvalue weighted by Gasteiger charge is 2.24. The van der Waals surface area contributed by atoms with Gasteiger partial charge in [-0.05, 0) is 38.6 Å². The minimum absolute atomic E-state index is 0.209. The second-order valence-electron chi connectivity index (χ2n) is 5.07. The number of benzene rings is 1. The van der Waals surface area contributed by atoms with Crippen LogP contribution >= 0.6 is 0 Å². The number of hydrogen-bond acceptors (Lipinski definition) is 5. The lowest BCUT2D eigenvalue weighted by atomic mass is 9.89. The first-order valence-corrected chi connectivity index (χ1v) is 6.28. The van der Waals surface area contributed by atoms with E-state index < -0.39 is 0 Å². The van der Waals surface area contributed by atoms with E-state index in [-0.39, 0.29) is 6.01 Å². The maximum atomic E-state index is 6.13. The number of oxazole rings is 1. The summed E-state index contributed by atoms with van der Waals surface area (Å²) in [7, 11) is 2.14. The Labute approximate surface area is 106 Å². The largest absolute Gasteiger partial charge is 0.424 e. The number of nitrogens with two attached hydrogens (primary N) is 2. The highest BCUT2D eigenvalue weighted by molar-refractivity contribution is 5.84. The average molecular weight is 246 g/mol. The molecule has 1 aromatic carbocycles. The van der Waals surface area contributed by atoms with Gasteiger partial charge < -0.3 is 20.8 Å². The van der Waals surface area contributed by atoms with E-state index in [9.17, 15) is 0 Å². The molecule has 0 amide bonds. The summed E-state index contributed by atoms with van der Waals surface area (Å²) < 4.78 is 5.38. The van der Waals surface area contributed by atoms with Crippen LogP contribution in [0.15, 0.2) is 16.5 Å². The van der Waals surface area contributed by atoms with Crippen molar-refractivity contribution in [3.05, 3.63) is 17.7 Å². The molecule has 5 nitrogen and oxygen atoms in total. The van der Waals surface area contributed by atoms with E-state index in [0.29, 0.717) is 5.92 Å². The van der Waals surface area contributed by atoms with Crippen molar-refractivity contribution >= 4 is 22.8 Å². The van der Waals surface area contributed by atoms with Crippen LogP contribution in [0.25, 0.3) is 11.1 Å². The molecule has 1 unspecified atom stereocenters. The summed E-state index contributed by atoms with van der Waals surface area (Å²) >= 11 is 0. The molecule has 1 aliphatic heterocycles. The van der Waals surface area contributed by atoms with Gasteiger partial charge in [-0.3, -0.25) is 0 Å². The Morgan fingerprint density at radius 1 is 1.39 bits per heavy atom. The van der Waals surface area contributed by atoms with Crippen LogP contribution in [-0.2, 0) is 0 Å². The fourth-order valence-electron chi connectivity index (χ4n) is 2.88. The number of piperidine rings is 1. The molecule has 0 spiro atoms. The van der Waals surface area contributed by atoms with Gasteiger partial charge in [-0.2, -0.15) is 4.98 Å². The van der Waals surface area contributed by atoms with E-state index in [1.165, 1.54) is 6.42 Å². The maximum absolute atomic E-state index is 6.13. The SMILES string of the molecule is CN1CCCC(c2c(N)ccc3oc(N)nc23)C1. The third kappa shape index (κ3) is 1.80. The van der Waals surface area contributed by atoms with Crippen molar-refractivity contribution in [3.8, 4) is 0 Å².